The van der Waals surface area contributed by atoms with Crippen LogP contribution in [-0.4, -0.2) is 23.7 Å². The van der Waals surface area contributed by atoms with Crippen molar-refractivity contribution in [2.45, 2.75) is 33.2 Å². The Kier molecular flexibility index (Phi) is 4.66. The van der Waals surface area contributed by atoms with Gasteiger partial charge in [-0.3, -0.25) is 0 Å². The molecule has 0 aliphatic rings. The Labute approximate surface area is 78.2 Å². The summed E-state index contributed by atoms with van der Waals surface area (Å²) in [5.74, 6) is -2.47. The van der Waals surface area contributed by atoms with Gasteiger partial charge in [-0.05, 0) is 13.8 Å². The molecule has 1 N–H and O–H groups in total. The lowest BCUT2D eigenvalue weighted by atomic mass is 10.3. The molecule has 0 heterocycles. The van der Waals surface area contributed by atoms with Crippen LogP contribution < -0.4 is 0 Å². The van der Waals surface area contributed by atoms with Gasteiger partial charge in [0, 0.05) is 12.0 Å². The molecule has 76 valence electrons. The third-order valence-corrected chi connectivity index (χ3v) is 1.42. The van der Waals surface area contributed by atoms with Crippen LogP contribution in [-0.2, 0) is 14.3 Å². The average molecular weight is 188 g/mol. The fourth-order valence-corrected chi connectivity index (χ4v) is 0.661. The van der Waals surface area contributed by atoms with Crippen LogP contribution in [0.1, 0.15) is 27.2 Å². The monoisotopic (exact) mass is 188 g/mol. The molecule has 0 aromatic carbocycles. The molecule has 0 fully saturated rings. The van der Waals surface area contributed by atoms with Crippen molar-refractivity contribution in [2.24, 2.45) is 0 Å². The molecule has 4 nitrogen and oxygen atoms in total. The predicted octanol–water partition coefficient (Wildman–Crippen LogP) is 1.20. The van der Waals surface area contributed by atoms with Crippen molar-refractivity contribution in [1.29, 1.82) is 0 Å². The van der Waals surface area contributed by atoms with Gasteiger partial charge in [-0.25, -0.2) is 4.79 Å². The maximum atomic E-state index is 11.0. The molecule has 0 radical (unpaired) electrons. The van der Waals surface area contributed by atoms with E-state index >= 15 is 0 Å². The number of carbonyl (C=O) groups is 1. The summed E-state index contributed by atoms with van der Waals surface area (Å²) in [4.78, 5) is 11.0. The Bertz CT molecular complexity index is 200. The average Bonchev–Trinajstić information content (AvgIpc) is 2.04. The van der Waals surface area contributed by atoms with E-state index in [4.69, 9.17) is 4.74 Å². The first-order chi connectivity index (χ1) is 5.95. The SMILES string of the molecule is C=C(C)C(=O)OC(O)(CC)OCC. The molecule has 0 amide bonds. The third-order valence-electron chi connectivity index (χ3n) is 1.42. The molecule has 1 unspecified atom stereocenters. The first-order valence-corrected chi connectivity index (χ1v) is 4.20. The van der Waals surface area contributed by atoms with Crippen molar-refractivity contribution in [3.63, 3.8) is 0 Å². The number of rotatable bonds is 5. The highest BCUT2D eigenvalue weighted by atomic mass is 16.8. The van der Waals surface area contributed by atoms with E-state index in [0.717, 1.165) is 0 Å². The highest BCUT2D eigenvalue weighted by Crippen LogP contribution is 2.15. The minimum Gasteiger partial charge on any atom is -0.405 e. The van der Waals surface area contributed by atoms with E-state index in [-0.39, 0.29) is 18.6 Å². The van der Waals surface area contributed by atoms with Gasteiger partial charge in [0.05, 0.1) is 6.61 Å². The van der Waals surface area contributed by atoms with Crippen molar-refractivity contribution in [3.8, 4) is 0 Å². The maximum Gasteiger partial charge on any atom is 0.337 e. The Hall–Kier alpha value is -0.870. The Morgan fingerprint density at radius 3 is 2.38 bits per heavy atom. The van der Waals surface area contributed by atoms with E-state index in [1.165, 1.54) is 6.92 Å². The number of ether oxygens (including phenoxy) is 2. The molecule has 0 rings (SSSR count). The second kappa shape index (κ2) is 4.99. The smallest absolute Gasteiger partial charge is 0.337 e. The van der Waals surface area contributed by atoms with Crippen molar-refractivity contribution < 1.29 is 19.4 Å². The van der Waals surface area contributed by atoms with Gasteiger partial charge in [-0.15, -0.1) is 0 Å². The Morgan fingerprint density at radius 1 is 1.54 bits per heavy atom. The van der Waals surface area contributed by atoms with E-state index in [1.807, 2.05) is 0 Å². The lowest BCUT2D eigenvalue weighted by Crippen LogP contribution is -2.37. The second-order valence-corrected chi connectivity index (χ2v) is 2.67. The molecule has 0 aromatic rings. The van der Waals surface area contributed by atoms with E-state index in [0.29, 0.717) is 0 Å². The lowest BCUT2D eigenvalue weighted by Gasteiger charge is -2.25. The Balaban J connectivity index is 4.26. The van der Waals surface area contributed by atoms with Gasteiger partial charge in [-0.1, -0.05) is 13.5 Å². The standard InChI is InChI=1S/C9H16O4/c1-5-9(11,12-6-2)13-8(10)7(3)4/h11H,3,5-6H2,1-2,4H3. The largest absolute Gasteiger partial charge is 0.405 e. The summed E-state index contributed by atoms with van der Waals surface area (Å²) in [5, 5.41) is 9.53. The van der Waals surface area contributed by atoms with Crippen LogP contribution in [0.15, 0.2) is 12.2 Å². The minimum absolute atomic E-state index is 0.180. The summed E-state index contributed by atoms with van der Waals surface area (Å²) >= 11 is 0. The molecule has 0 saturated heterocycles. The van der Waals surface area contributed by atoms with Crippen LogP contribution in [0, 0.1) is 0 Å². The molecular weight excluding hydrogens is 172 g/mol. The van der Waals surface area contributed by atoms with Crippen LogP contribution in [0.2, 0.25) is 0 Å². The summed E-state index contributed by atoms with van der Waals surface area (Å²) < 4.78 is 9.55. The first kappa shape index (κ1) is 12.1. The van der Waals surface area contributed by atoms with Gasteiger partial charge in [0.15, 0.2) is 0 Å². The van der Waals surface area contributed by atoms with Crippen LogP contribution in [0.25, 0.3) is 0 Å². The maximum absolute atomic E-state index is 11.0. The zero-order valence-corrected chi connectivity index (χ0v) is 8.29. The van der Waals surface area contributed by atoms with Crippen LogP contribution >= 0.6 is 0 Å². The van der Waals surface area contributed by atoms with Crippen LogP contribution in [0.5, 0.6) is 0 Å². The summed E-state index contributed by atoms with van der Waals surface area (Å²) in [5.41, 5.74) is 0.228. The molecule has 1 atom stereocenters. The van der Waals surface area contributed by atoms with Gasteiger partial charge in [-0.2, -0.15) is 0 Å². The summed E-state index contributed by atoms with van der Waals surface area (Å²) in [6.07, 6.45) is 0.180. The van der Waals surface area contributed by atoms with Gasteiger partial charge in [0.1, 0.15) is 0 Å². The quantitative estimate of drug-likeness (QED) is 0.400. The molecule has 0 aliphatic carbocycles. The van der Waals surface area contributed by atoms with Gasteiger partial charge < -0.3 is 14.6 Å². The van der Waals surface area contributed by atoms with E-state index in [1.54, 1.807) is 13.8 Å². The topological polar surface area (TPSA) is 55.8 Å². The van der Waals surface area contributed by atoms with Crippen LogP contribution in [0.3, 0.4) is 0 Å². The third kappa shape index (κ3) is 4.05. The van der Waals surface area contributed by atoms with E-state index in [2.05, 4.69) is 11.3 Å². The Morgan fingerprint density at radius 2 is 2.08 bits per heavy atom. The summed E-state index contributed by atoms with van der Waals surface area (Å²) in [6, 6.07) is 0. The van der Waals surface area contributed by atoms with Crippen LogP contribution in [0.4, 0.5) is 0 Å². The lowest BCUT2D eigenvalue weighted by molar-refractivity contribution is -0.340. The molecule has 0 spiro atoms. The molecule has 13 heavy (non-hydrogen) atoms. The van der Waals surface area contributed by atoms with Crippen molar-refractivity contribution in [2.75, 3.05) is 6.61 Å². The van der Waals surface area contributed by atoms with E-state index in [9.17, 15) is 9.90 Å². The number of hydrogen-bond donors (Lipinski definition) is 1. The van der Waals surface area contributed by atoms with Gasteiger partial charge in [0.25, 0.3) is 0 Å². The number of esters is 1. The number of aliphatic hydroxyl groups is 1. The van der Waals surface area contributed by atoms with Gasteiger partial charge in [0.2, 0.25) is 0 Å². The zero-order valence-electron chi connectivity index (χ0n) is 8.29. The predicted molar refractivity (Wildman–Crippen MR) is 47.8 cm³/mol. The fourth-order valence-electron chi connectivity index (χ4n) is 0.661. The first-order valence-electron chi connectivity index (χ1n) is 4.20. The molecule has 0 saturated carbocycles. The molecule has 0 bridgehead atoms. The van der Waals surface area contributed by atoms with Crippen molar-refractivity contribution in [1.82, 2.24) is 0 Å². The zero-order chi connectivity index (χ0) is 10.5. The minimum atomic E-state index is -1.81. The fraction of sp³-hybridized carbons (Fsp3) is 0.667. The normalized spacial score (nSPS) is 14.8. The number of hydrogen-bond acceptors (Lipinski definition) is 4. The second-order valence-electron chi connectivity index (χ2n) is 2.67. The molecule has 0 aliphatic heterocycles. The summed E-state index contributed by atoms with van der Waals surface area (Å²) in [6.45, 7) is 8.53. The molecule has 4 heteroatoms. The van der Waals surface area contributed by atoms with Crippen molar-refractivity contribution >= 4 is 5.97 Å². The highest BCUT2D eigenvalue weighted by molar-refractivity contribution is 5.87. The molecule has 0 aromatic heterocycles. The van der Waals surface area contributed by atoms with Crippen molar-refractivity contribution in [3.05, 3.63) is 12.2 Å². The van der Waals surface area contributed by atoms with Gasteiger partial charge >= 0.3 is 11.9 Å². The number of carbonyl (C=O) groups excluding carboxylic acids is 1. The molecular formula is C9H16O4. The summed E-state index contributed by atoms with van der Waals surface area (Å²) in [7, 11) is 0. The highest BCUT2D eigenvalue weighted by Gasteiger charge is 2.30. The van der Waals surface area contributed by atoms with E-state index < -0.39 is 11.9 Å².